The molecule has 1 aliphatic carbocycles. The standard InChI is InChI=1S/C18H12F6IN3O2/c19-11-5-9(18(22,23)24)7-27-14(11)28-15(29)30-8-16(28)2-3-17(20,21)13-10(16)1-4-26-12(13)6-25/h1,4-5,7H,2-3,6,8H2/t16-/m1/s1. The van der Waals surface area contributed by atoms with Crippen LogP contribution < -0.4 is 4.90 Å². The van der Waals surface area contributed by atoms with Crippen molar-refractivity contribution in [2.75, 3.05) is 11.5 Å². The molecule has 0 N–H and O–H groups in total. The second-order valence-corrected chi connectivity index (χ2v) is 7.73. The number of nitrogens with zero attached hydrogens (tertiary/aromatic N) is 3. The number of halogens is 7. The summed E-state index contributed by atoms with van der Waals surface area (Å²) in [5.41, 5.74) is -3.12. The number of cyclic esters (lactones) is 1. The Kier molecular flexibility index (Phi) is 4.90. The minimum absolute atomic E-state index is 0.0207. The molecule has 160 valence electrons. The lowest BCUT2D eigenvalue weighted by Crippen LogP contribution is -2.50. The minimum atomic E-state index is -4.84. The van der Waals surface area contributed by atoms with Gasteiger partial charge in [0, 0.05) is 28.8 Å². The van der Waals surface area contributed by atoms with E-state index in [0.29, 0.717) is 6.20 Å². The summed E-state index contributed by atoms with van der Waals surface area (Å²) in [6.07, 6.45) is -5.20. The first-order valence-corrected chi connectivity index (χ1v) is 10.2. The lowest BCUT2D eigenvalue weighted by Gasteiger charge is -2.42. The first-order chi connectivity index (χ1) is 14.0. The average molecular weight is 543 g/mol. The Morgan fingerprint density at radius 1 is 1.23 bits per heavy atom. The summed E-state index contributed by atoms with van der Waals surface area (Å²) >= 11 is 1.88. The van der Waals surface area contributed by atoms with Gasteiger partial charge in [0.05, 0.1) is 11.3 Å². The molecule has 12 heteroatoms. The van der Waals surface area contributed by atoms with Crippen molar-refractivity contribution in [2.24, 2.45) is 0 Å². The van der Waals surface area contributed by atoms with Crippen LogP contribution in [0.25, 0.3) is 0 Å². The number of alkyl halides is 6. The molecule has 0 aromatic carbocycles. The molecule has 1 amide bonds. The first kappa shape index (κ1) is 21.1. The number of hydrogen-bond donors (Lipinski definition) is 0. The Labute approximate surface area is 179 Å². The second-order valence-electron chi connectivity index (χ2n) is 6.97. The van der Waals surface area contributed by atoms with Gasteiger partial charge >= 0.3 is 12.3 Å². The molecule has 1 aliphatic heterocycles. The van der Waals surface area contributed by atoms with Gasteiger partial charge in [-0.25, -0.2) is 27.8 Å². The van der Waals surface area contributed by atoms with Gasteiger partial charge in [0.25, 0.3) is 5.92 Å². The Hall–Kier alpha value is -2.12. The molecule has 0 unspecified atom stereocenters. The zero-order chi connectivity index (χ0) is 21.9. The zero-order valence-electron chi connectivity index (χ0n) is 14.9. The number of fused-ring (bicyclic) bond motifs is 2. The van der Waals surface area contributed by atoms with Crippen LogP contribution in [0.15, 0.2) is 24.5 Å². The van der Waals surface area contributed by atoms with Crippen molar-refractivity contribution in [3.63, 3.8) is 0 Å². The second kappa shape index (κ2) is 6.95. The largest absolute Gasteiger partial charge is 0.446 e. The molecule has 1 spiro atoms. The average Bonchev–Trinajstić information content (AvgIpc) is 3.01. The van der Waals surface area contributed by atoms with Crippen molar-refractivity contribution in [3.05, 3.63) is 52.7 Å². The summed E-state index contributed by atoms with van der Waals surface area (Å²) in [6.45, 7) is -0.373. The number of amides is 1. The molecular formula is C18H12F6IN3O2. The van der Waals surface area contributed by atoms with E-state index in [1.807, 2.05) is 22.6 Å². The van der Waals surface area contributed by atoms with Gasteiger partial charge in [-0.1, -0.05) is 22.6 Å². The van der Waals surface area contributed by atoms with Gasteiger partial charge in [-0.05, 0) is 24.1 Å². The maximum Gasteiger partial charge on any atom is 0.417 e. The molecule has 3 heterocycles. The normalized spacial score (nSPS) is 22.9. The zero-order valence-corrected chi connectivity index (χ0v) is 17.1. The molecule has 5 nitrogen and oxygen atoms in total. The summed E-state index contributed by atoms with van der Waals surface area (Å²) in [5.74, 6) is -5.36. The highest BCUT2D eigenvalue weighted by Crippen LogP contribution is 2.53. The fourth-order valence-corrected chi connectivity index (χ4v) is 4.51. The number of aromatic nitrogens is 2. The van der Waals surface area contributed by atoms with Crippen LogP contribution in [0.3, 0.4) is 0 Å². The third-order valence-corrected chi connectivity index (χ3v) is 6.00. The van der Waals surface area contributed by atoms with Crippen LogP contribution in [-0.2, 0) is 26.8 Å². The highest BCUT2D eigenvalue weighted by atomic mass is 127. The molecule has 0 radical (unpaired) electrons. The van der Waals surface area contributed by atoms with Gasteiger partial charge in [0.1, 0.15) is 12.1 Å². The van der Waals surface area contributed by atoms with E-state index in [9.17, 15) is 31.1 Å². The molecule has 0 saturated carbocycles. The van der Waals surface area contributed by atoms with Gasteiger partial charge in [0.15, 0.2) is 11.6 Å². The van der Waals surface area contributed by atoms with E-state index in [2.05, 4.69) is 9.97 Å². The van der Waals surface area contributed by atoms with Gasteiger partial charge in [-0.3, -0.25) is 4.98 Å². The van der Waals surface area contributed by atoms with E-state index >= 15 is 0 Å². The van der Waals surface area contributed by atoms with Crippen LogP contribution in [0.2, 0.25) is 0 Å². The Bertz CT molecular complexity index is 1030. The van der Waals surface area contributed by atoms with E-state index in [0.717, 1.165) is 4.90 Å². The van der Waals surface area contributed by atoms with E-state index in [4.69, 9.17) is 4.74 Å². The predicted octanol–water partition coefficient (Wildman–Crippen LogP) is 5.31. The van der Waals surface area contributed by atoms with Crippen molar-refractivity contribution >= 4 is 34.5 Å². The maximum absolute atomic E-state index is 14.8. The molecule has 30 heavy (non-hydrogen) atoms. The van der Waals surface area contributed by atoms with Gasteiger partial charge in [-0.15, -0.1) is 0 Å². The number of carbonyl (C=O) groups is 1. The number of pyridine rings is 2. The highest BCUT2D eigenvalue weighted by Gasteiger charge is 2.58. The SMILES string of the molecule is O=C1OC[C@@]2(CCC(F)(F)c3c2ccnc3CI)N1c1ncc(C(F)(F)F)cc1F. The van der Waals surface area contributed by atoms with Crippen LogP contribution in [0, 0.1) is 5.82 Å². The van der Waals surface area contributed by atoms with E-state index in [1.165, 1.54) is 12.3 Å². The molecule has 2 aromatic heterocycles. The Morgan fingerprint density at radius 3 is 2.60 bits per heavy atom. The number of anilines is 1. The van der Waals surface area contributed by atoms with Gasteiger partial charge in [-0.2, -0.15) is 13.2 Å². The number of carbonyl (C=O) groups excluding carboxylic acids is 1. The fraction of sp³-hybridized carbons (Fsp3) is 0.389. The van der Waals surface area contributed by atoms with Crippen molar-refractivity contribution in [1.82, 2.24) is 9.97 Å². The minimum Gasteiger partial charge on any atom is -0.446 e. The maximum atomic E-state index is 14.8. The monoisotopic (exact) mass is 543 g/mol. The summed E-state index contributed by atoms with van der Waals surface area (Å²) in [6, 6.07) is 1.51. The van der Waals surface area contributed by atoms with Crippen LogP contribution in [0.4, 0.5) is 37.0 Å². The molecular weight excluding hydrogens is 531 g/mol. The van der Waals surface area contributed by atoms with E-state index < -0.39 is 47.4 Å². The number of hydrogen-bond acceptors (Lipinski definition) is 4. The number of rotatable bonds is 2. The van der Waals surface area contributed by atoms with E-state index in [-0.39, 0.29) is 40.3 Å². The lowest BCUT2D eigenvalue weighted by molar-refractivity contribution is -0.138. The predicted molar refractivity (Wildman–Crippen MR) is 99.8 cm³/mol. The van der Waals surface area contributed by atoms with Gasteiger partial charge in [0.2, 0.25) is 0 Å². The topological polar surface area (TPSA) is 55.3 Å². The van der Waals surface area contributed by atoms with E-state index in [1.54, 1.807) is 0 Å². The smallest absolute Gasteiger partial charge is 0.417 e. The molecule has 0 bridgehead atoms. The first-order valence-electron chi connectivity index (χ1n) is 8.63. The third kappa shape index (κ3) is 3.10. The van der Waals surface area contributed by atoms with Gasteiger partial charge < -0.3 is 4.74 Å². The Balaban J connectivity index is 1.91. The molecule has 2 aromatic rings. The summed E-state index contributed by atoms with van der Waals surface area (Å²) in [7, 11) is 0. The van der Waals surface area contributed by atoms with Crippen molar-refractivity contribution in [1.29, 1.82) is 0 Å². The number of ether oxygens (including phenoxy) is 1. The van der Waals surface area contributed by atoms with Crippen LogP contribution in [0.5, 0.6) is 0 Å². The van der Waals surface area contributed by atoms with Crippen molar-refractivity contribution < 1.29 is 35.9 Å². The summed E-state index contributed by atoms with van der Waals surface area (Å²) in [4.78, 5) is 20.7. The van der Waals surface area contributed by atoms with Crippen LogP contribution in [-0.4, -0.2) is 22.7 Å². The van der Waals surface area contributed by atoms with Crippen LogP contribution in [0.1, 0.15) is 35.2 Å². The molecule has 1 fully saturated rings. The van der Waals surface area contributed by atoms with Crippen molar-refractivity contribution in [2.45, 2.75) is 34.9 Å². The fourth-order valence-electron chi connectivity index (χ4n) is 3.93. The highest BCUT2D eigenvalue weighted by molar-refractivity contribution is 14.1. The molecule has 2 aliphatic rings. The Morgan fingerprint density at radius 2 is 1.97 bits per heavy atom. The quantitative estimate of drug-likeness (QED) is 0.293. The molecule has 1 saturated heterocycles. The molecule has 1 atom stereocenters. The molecule has 4 rings (SSSR count). The van der Waals surface area contributed by atoms with Crippen molar-refractivity contribution in [3.8, 4) is 0 Å². The van der Waals surface area contributed by atoms with Crippen LogP contribution >= 0.6 is 22.6 Å². The summed E-state index contributed by atoms with van der Waals surface area (Å²) in [5, 5.41) is 0. The lowest BCUT2D eigenvalue weighted by atomic mass is 9.74. The summed E-state index contributed by atoms with van der Waals surface area (Å²) < 4.78 is 88.0. The third-order valence-electron chi connectivity index (χ3n) is 5.28.